The molecule has 1 atom stereocenters. The summed E-state index contributed by atoms with van der Waals surface area (Å²) in [5.41, 5.74) is -1.52. The summed E-state index contributed by atoms with van der Waals surface area (Å²) in [6.07, 6.45) is -0.103. The number of alkyl halides is 1. The van der Waals surface area contributed by atoms with Crippen LogP contribution < -0.4 is 5.32 Å². The Hall–Kier alpha value is -0.620. The van der Waals surface area contributed by atoms with Gasteiger partial charge in [-0.3, -0.25) is 4.79 Å². The van der Waals surface area contributed by atoms with Crippen LogP contribution in [0.1, 0.15) is 27.2 Å². The number of nitrogens with one attached hydrogen (secondary N) is 1. The van der Waals surface area contributed by atoms with Gasteiger partial charge in [-0.25, -0.2) is 4.79 Å². The smallest absolute Gasteiger partial charge is 0.408 e. The first-order chi connectivity index (χ1) is 7.79. The number of rotatable bonds is 3. The molecule has 0 aromatic rings. The fourth-order valence-electron chi connectivity index (χ4n) is 1.58. The molecule has 98 valence electrons. The lowest BCUT2D eigenvalue weighted by atomic mass is 9.94. The average molecular weight is 308 g/mol. The van der Waals surface area contributed by atoms with Crippen molar-refractivity contribution in [3.63, 3.8) is 0 Å². The third kappa shape index (κ3) is 3.96. The summed E-state index contributed by atoms with van der Waals surface area (Å²) < 4.78 is 10.3. The number of carbonyl (C=O) groups is 2. The fourth-order valence-corrected chi connectivity index (χ4v) is 2.12. The van der Waals surface area contributed by atoms with Gasteiger partial charge in [0.25, 0.3) is 0 Å². The summed E-state index contributed by atoms with van der Waals surface area (Å²) in [6.45, 7) is 6.00. The number of amides is 1. The predicted octanol–water partition coefficient (Wildman–Crippen LogP) is 1.63. The number of ketones is 1. The Labute approximate surface area is 109 Å². The minimum Gasteiger partial charge on any atom is -0.444 e. The van der Waals surface area contributed by atoms with Crippen LogP contribution in [0.4, 0.5) is 4.79 Å². The first kappa shape index (κ1) is 14.4. The molecule has 1 amide bonds. The van der Waals surface area contributed by atoms with E-state index in [1.165, 1.54) is 0 Å². The summed E-state index contributed by atoms with van der Waals surface area (Å²) in [6, 6.07) is 0. The van der Waals surface area contributed by atoms with Gasteiger partial charge in [-0.1, -0.05) is 15.9 Å². The lowest BCUT2D eigenvalue weighted by Crippen LogP contribution is -2.56. The Bertz CT molecular complexity index is 305. The Morgan fingerprint density at radius 2 is 2.12 bits per heavy atom. The standard InChI is InChI=1S/C11H18BrNO4/c1-10(2,3)17-9(15)13-11(8(14)6-12)4-5-16-7-11/h4-7H2,1-3H3,(H,13,15). The van der Waals surface area contributed by atoms with E-state index in [1.807, 2.05) is 0 Å². The molecule has 0 aliphatic carbocycles. The molecule has 1 fully saturated rings. The normalized spacial score (nSPS) is 24.5. The molecular formula is C11H18BrNO4. The number of alkyl carbamates (subject to hydrolysis) is 1. The molecule has 0 saturated carbocycles. The summed E-state index contributed by atoms with van der Waals surface area (Å²) in [7, 11) is 0. The van der Waals surface area contributed by atoms with Gasteiger partial charge in [0, 0.05) is 13.0 Å². The van der Waals surface area contributed by atoms with Crippen LogP contribution in [-0.2, 0) is 14.3 Å². The summed E-state index contributed by atoms with van der Waals surface area (Å²) in [4.78, 5) is 23.5. The molecule has 1 aliphatic rings. The van der Waals surface area contributed by atoms with Crippen molar-refractivity contribution in [3.05, 3.63) is 0 Å². The van der Waals surface area contributed by atoms with Crippen LogP contribution in [0.2, 0.25) is 0 Å². The lowest BCUT2D eigenvalue weighted by molar-refractivity contribution is -0.122. The topological polar surface area (TPSA) is 64.6 Å². The molecule has 0 radical (unpaired) electrons. The minimum atomic E-state index is -0.939. The molecule has 0 spiro atoms. The minimum absolute atomic E-state index is 0.0964. The maximum absolute atomic E-state index is 11.8. The van der Waals surface area contributed by atoms with Crippen molar-refractivity contribution in [1.29, 1.82) is 0 Å². The third-order valence-corrected chi connectivity index (χ3v) is 2.93. The number of ether oxygens (including phenoxy) is 2. The van der Waals surface area contributed by atoms with Crippen LogP contribution in [-0.4, -0.2) is 41.6 Å². The second kappa shape index (κ2) is 5.35. The highest BCUT2D eigenvalue weighted by Crippen LogP contribution is 2.21. The zero-order valence-electron chi connectivity index (χ0n) is 10.3. The van der Waals surface area contributed by atoms with Gasteiger partial charge in [0.2, 0.25) is 0 Å². The van der Waals surface area contributed by atoms with E-state index < -0.39 is 17.2 Å². The molecule has 1 rings (SSSR count). The Morgan fingerprint density at radius 1 is 1.47 bits per heavy atom. The highest BCUT2D eigenvalue weighted by Gasteiger charge is 2.43. The van der Waals surface area contributed by atoms with E-state index in [1.54, 1.807) is 20.8 Å². The molecule has 1 heterocycles. The Kier molecular flexibility index (Phi) is 4.55. The Balaban J connectivity index is 2.68. The van der Waals surface area contributed by atoms with E-state index in [4.69, 9.17) is 9.47 Å². The van der Waals surface area contributed by atoms with Gasteiger partial charge >= 0.3 is 6.09 Å². The van der Waals surface area contributed by atoms with E-state index in [-0.39, 0.29) is 17.7 Å². The summed E-state index contributed by atoms with van der Waals surface area (Å²) in [5.74, 6) is -0.0964. The molecule has 0 aromatic heterocycles. The SMILES string of the molecule is CC(C)(C)OC(=O)NC1(C(=O)CBr)CCOC1. The number of Topliss-reactive ketones (excluding diaryl/α,β-unsaturated/α-hetero) is 1. The van der Waals surface area contributed by atoms with E-state index in [2.05, 4.69) is 21.2 Å². The maximum atomic E-state index is 11.8. The van der Waals surface area contributed by atoms with Crippen LogP contribution in [0, 0.1) is 0 Å². The molecule has 1 aliphatic heterocycles. The van der Waals surface area contributed by atoms with Gasteiger partial charge in [-0.05, 0) is 20.8 Å². The van der Waals surface area contributed by atoms with E-state index in [0.717, 1.165) is 0 Å². The first-order valence-corrected chi connectivity index (χ1v) is 6.59. The second-order valence-corrected chi connectivity index (χ2v) is 5.63. The largest absolute Gasteiger partial charge is 0.444 e. The van der Waals surface area contributed by atoms with Crippen molar-refractivity contribution >= 4 is 27.8 Å². The molecule has 1 N–H and O–H groups in total. The number of carbonyl (C=O) groups excluding carboxylic acids is 2. The first-order valence-electron chi connectivity index (χ1n) is 5.47. The zero-order chi connectivity index (χ0) is 13.1. The second-order valence-electron chi connectivity index (χ2n) is 5.07. The number of halogens is 1. The predicted molar refractivity (Wildman–Crippen MR) is 66.3 cm³/mol. The van der Waals surface area contributed by atoms with Gasteiger partial charge in [-0.2, -0.15) is 0 Å². The van der Waals surface area contributed by atoms with Crippen molar-refractivity contribution in [2.75, 3.05) is 18.5 Å². The van der Waals surface area contributed by atoms with Gasteiger partial charge in [-0.15, -0.1) is 0 Å². The highest BCUT2D eigenvalue weighted by molar-refractivity contribution is 9.09. The van der Waals surface area contributed by atoms with E-state index in [0.29, 0.717) is 13.0 Å². The van der Waals surface area contributed by atoms with Crippen molar-refractivity contribution < 1.29 is 19.1 Å². The molecular weight excluding hydrogens is 290 g/mol. The van der Waals surface area contributed by atoms with Crippen LogP contribution in [0.25, 0.3) is 0 Å². The van der Waals surface area contributed by atoms with Crippen LogP contribution in [0.5, 0.6) is 0 Å². The molecule has 0 aromatic carbocycles. The van der Waals surface area contributed by atoms with Gasteiger partial charge in [0.05, 0.1) is 11.9 Å². The fraction of sp³-hybridized carbons (Fsp3) is 0.818. The van der Waals surface area contributed by atoms with Gasteiger partial charge in [0.1, 0.15) is 11.1 Å². The van der Waals surface area contributed by atoms with Crippen LogP contribution in [0.15, 0.2) is 0 Å². The van der Waals surface area contributed by atoms with Gasteiger partial charge in [0.15, 0.2) is 5.78 Å². The van der Waals surface area contributed by atoms with Crippen LogP contribution in [0.3, 0.4) is 0 Å². The quantitative estimate of drug-likeness (QED) is 0.805. The monoisotopic (exact) mass is 307 g/mol. The van der Waals surface area contributed by atoms with Gasteiger partial charge < -0.3 is 14.8 Å². The van der Waals surface area contributed by atoms with Crippen molar-refractivity contribution in [1.82, 2.24) is 5.32 Å². The molecule has 5 nitrogen and oxygen atoms in total. The summed E-state index contributed by atoms with van der Waals surface area (Å²) in [5, 5.41) is 2.82. The molecule has 1 saturated heterocycles. The summed E-state index contributed by atoms with van der Waals surface area (Å²) >= 11 is 3.11. The average Bonchev–Trinajstić information content (AvgIpc) is 2.63. The molecule has 1 unspecified atom stereocenters. The van der Waals surface area contributed by atoms with Crippen molar-refractivity contribution in [2.24, 2.45) is 0 Å². The molecule has 6 heteroatoms. The Morgan fingerprint density at radius 3 is 2.53 bits per heavy atom. The lowest BCUT2D eigenvalue weighted by Gasteiger charge is -2.28. The van der Waals surface area contributed by atoms with Crippen LogP contribution >= 0.6 is 15.9 Å². The third-order valence-electron chi connectivity index (χ3n) is 2.42. The van der Waals surface area contributed by atoms with Crippen molar-refractivity contribution in [2.45, 2.75) is 38.3 Å². The number of hydrogen-bond donors (Lipinski definition) is 1. The highest BCUT2D eigenvalue weighted by atomic mass is 79.9. The zero-order valence-corrected chi connectivity index (χ0v) is 11.9. The van der Waals surface area contributed by atoms with E-state index in [9.17, 15) is 9.59 Å². The maximum Gasteiger partial charge on any atom is 0.408 e. The molecule has 17 heavy (non-hydrogen) atoms. The number of hydrogen-bond acceptors (Lipinski definition) is 4. The van der Waals surface area contributed by atoms with E-state index >= 15 is 0 Å². The molecule has 0 bridgehead atoms. The van der Waals surface area contributed by atoms with Crippen molar-refractivity contribution in [3.8, 4) is 0 Å².